The first-order valence-corrected chi connectivity index (χ1v) is 10.2. The number of rotatable bonds is 11. The lowest BCUT2D eigenvalue weighted by molar-refractivity contribution is -0.153. The van der Waals surface area contributed by atoms with Crippen LogP contribution in [-0.2, 0) is 6.54 Å². The SMILES string of the molecule is CN(Cc1c(C=O)ccnc1-c1ccccc1OCC(F)(F)F)/C(C=N)=C/NCC1(F)CC1. The molecule has 1 saturated carbocycles. The van der Waals surface area contributed by atoms with Gasteiger partial charge in [-0.15, -0.1) is 0 Å². The number of hydrogen-bond acceptors (Lipinski definition) is 6. The Balaban J connectivity index is 1.90. The van der Waals surface area contributed by atoms with Gasteiger partial charge < -0.3 is 20.4 Å². The highest BCUT2D eigenvalue weighted by Crippen LogP contribution is 2.39. The second-order valence-electron chi connectivity index (χ2n) is 7.85. The van der Waals surface area contributed by atoms with Gasteiger partial charge in [-0.3, -0.25) is 9.78 Å². The van der Waals surface area contributed by atoms with E-state index in [-0.39, 0.29) is 18.8 Å². The quantitative estimate of drug-likeness (QED) is 0.291. The van der Waals surface area contributed by atoms with Crippen LogP contribution in [0.3, 0.4) is 0 Å². The number of halogens is 4. The zero-order chi connectivity index (χ0) is 24.1. The highest BCUT2D eigenvalue weighted by atomic mass is 19.4. The number of nitrogens with zero attached hydrogens (tertiary/aromatic N) is 2. The largest absolute Gasteiger partial charge is 0.483 e. The first-order valence-electron chi connectivity index (χ1n) is 10.2. The minimum absolute atomic E-state index is 0.0172. The number of para-hydroxylation sites is 1. The van der Waals surface area contributed by atoms with E-state index >= 15 is 0 Å². The molecule has 33 heavy (non-hydrogen) atoms. The molecular formula is C23H24F4N4O2. The average molecular weight is 464 g/mol. The summed E-state index contributed by atoms with van der Waals surface area (Å²) < 4.78 is 56.9. The molecule has 3 rings (SSSR count). The zero-order valence-electron chi connectivity index (χ0n) is 18.0. The number of hydrogen-bond donors (Lipinski definition) is 2. The van der Waals surface area contributed by atoms with E-state index in [1.807, 2.05) is 0 Å². The summed E-state index contributed by atoms with van der Waals surface area (Å²) in [7, 11) is 1.68. The number of aldehydes is 1. The van der Waals surface area contributed by atoms with Gasteiger partial charge >= 0.3 is 6.18 Å². The van der Waals surface area contributed by atoms with Gasteiger partial charge in [0.15, 0.2) is 12.9 Å². The lowest BCUT2D eigenvalue weighted by atomic mass is 10.00. The van der Waals surface area contributed by atoms with Crippen LogP contribution >= 0.6 is 0 Å². The van der Waals surface area contributed by atoms with Crippen LogP contribution in [0.25, 0.3) is 11.3 Å². The minimum Gasteiger partial charge on any atom is -0.483 e. The Kier molecular flexibility index (Phi) is 7.35. The Morgan fingerprint density at radius 2 is 2.03 bits per heavy atom. The van der Waals surface area contributed by atoms with Gasteiger partial charge in [-0.05, 0) is 31.0 Å². The molecule has 1 aliphatic carbocycles. The second-order valence-corrected chi connectivity index (χ2v) is 7.85. The van der Waals surface area contributed by atoms with Gasteiger partial charge in [-0.25, -0.2) is 4.39 Å². The first-order chi connectivity index (χ1) is 15.7. The summed E-state index contributed by atoms with van der Waals surface area (Å²) in [6.45, 7) is -1.20. The molecule has 2 N–H and O–H groups in total. The van der Waals surface area contributed by atoms with Crippen molar-refractivity contribution in [2.75, 3.05) is 20.2 Å². The van der Waals surface area contributed by atoms with E-state index in [0.717, 1.165) is 6.21 Å². The lowest BCUT2D eigenvalue weighted by Gasteiger charge is -2.23. The van der Waals surface area contributed by atoms with Crippen LogP contribution in [0.5, 0.6) is 5.75 Å². The normalized spacial score (nSPS) is 15.0. The fourth-order valence-corrected chi connectivity index (χ4v) is 3.21. The van der Waals surface area contributed by atoms with Crippen molar-refractivity contribution in [3.8, 4) is 17.0 Å². The molecule has 0 amide bonds. The van der Waals surface area contributed by atoms with Gasteiger partial charge in [0, 0.05) is 55.4 Å². The number of allylic oxidation sites excluding steroid dienone is 1. The maximum absolute atomic E-state index is 13.8. The fraction of sp³-hybridized carbons (Fsp3) is 0.348. The number of nitrogens with one attached hydrogen (secondary N) is 2. The Morgan fingerprint density at radius 1 is 1.30 bits per heavy atom. The van der Waals surface area contributed by atoms with Crippen molar-refractivity contribution in [1.29, 1.82) is 5.41 Å². The molecule has 0 aliphatic heterocycles. The molecule has 1 fully saturated rings. The predicted molar refractivity (Wildman–Crippen MR) is 116 cm³/mol. The summed E-state index contributed by atoms with van der Waals surface area (Å²) in [4.78, 5) is 17.7. The topological polar surface area (TPSA) is 78.3 Å². The van der Waals surface area contributed by atoms with Crippen molar-refractivity contribution in [2.45, 2.75) is 31.2 Å². The average Bonchev–Trinajstić information content (AvgIpc) is 3.52. The third-order valence-corrected chi connectivity index (χ3v) is 5.20. The molecule has 0 unspecified atom stereocenters. The number of carbonyl (C=O) groups excluding carboxylic acids is 1. The van der Waals surface area contributed by atoms with Gasteiger partial charge in [0.05, 0.1) is 11.4 Å². The summed E-state index contributed by atoms with van der Waals surface area (Å²) in [5, 5.41) is 10.6. The van der Waals surface area contributed by atoms with E-state index in [2.05, 4.69) is 10.3 Å². The van der Waals surface area contributed by atoms with Gasteiger partial charge in [0.2, 0.25) is 0 Å². The summed E-state index contributed by atoms with van der Waals surface area (Å²) in [5.74, 6) is -0.0172. The van der Waals surface area contributed by atoms with Crippen molar-refractivity contribution in [1.82, 2.24) is 15.2 Å². The van der Waals surface area contributed by atoms with E-state index in [1.165, 1.54) is 24.5 Å². The molecule has 6 nitrogen and oxygen atoms in total. The van der Waals surface area contributed by atoms with Crippen molar-refractivity contribution in [3.05, 3.63) is 59.6 Å². The smallest absolute Gasteiger partial charge is 0.422 e. The number of benzene rings is 1. The number of ether oxygens (including phenoxy) is 1. The molecule has 1 heterocycles. The number of carbonyl (C=O) groups is 1. The maximum Gasteiger partial charge on any atom is 0.422 e. The molecule has 0 spiro atoms. The number of alkyl halides is 4. The maximum atomic E-state index is 13.8. The summed E-state index contributed by atoms with van der Waals surface area (Å²) in [6.07, 6.45) is 1.13. The fourth-order valence-electron chi connectivity index (χ4n) is 3.21. The van der Waals surface area contributed by atoms with Crippen LogP contribution in [0.4, 0.5) is 17.6 Å². The predicted octanol–water partition coefficient (Wildman–Crippen LogP) is 4.52. The molecular weight excluding hydrogens is 440 g/mol. The van der Waals surface area contributed by atoms with E-state index in [1.54, 1.807) is 30.1 Å². The van der Waals surface area contributed by atoms with Crippen LogP contribution in [0, 0.1) is 5.41 Å². The Labute approximate surface area is 188 Å². The summed E-state index contributed by atoms with van der Waals surface area (Å²) in [6, 6.07) is 7.66. The van der Waals surface area contributed by atoms with Crippen molar-refractivity contribution >= 4 is 12.5 Å². The van der Waals surface area contributed by atoms with Crippen molar-refractivity contribution in [3.63, 3.8) is 0 Å². The Morgan fingerprint density at radius 3 is 2.67 bits per heavy atom. The molecule has 0 bridgehead atoms. The van der Waals surface area contributed by atoms with Crippen molar-refractivity contribution < 1.29 is 27.1 Å². The number of pyridine rings is 1. The molecule has 1 aliphatic rings. The summed E-state index contributed by atoms with van der Waals surface area (Å²) in [5.41, 5.74) is 0.574. The van der Waals surface area contributed by atoms with Gasteiger partial charge in [0.1, 0.15) is 11.4 Å². The van der Waals surface area contributed by atoms with Crippen LogP contribution in [0.15, 0.2) is 48.4 Å². The van der Waals surface area contributed by atoms with Crippen LogP contribution in [-0.4, -0.2) is 54.4 Å². The third kappa shape index (κ3) is 6.53. The van der Waals surface area contributed by atoms with Crippen LogP contribution < -0.4 is 10.1 Å². The lowest BCUT2D eigenvalue weighted by Crippen LogP contribution is -2.25. The number of aromatic nitrogens is 1. The highest BCUT2D eigenvalue weighted by Gasteiger charge is 2.42. The van der Waals surface area contributed by atoms with Gasteiger partial charge in [-0.1, -0.05) is 12.1 Å². The molecule has 2 aromatic rings. The molecule has 176 valence electrons. The second kappa shape index (κ2) is 10.0. The third-order valence-electron chi connectivity index (χ3n) is 5.20. The Bertz CT molecular complexity index is 1040. The molecule has 1 aromatic carbocycles. The van der Waals surface area contributed by atoms with E-state index in [9.17, 15) is 22.4 Å². The molecule has 0 atom stereocenters. The van der Waals surface area contributed by atoms with Crippen LogP contribution in [0.2, 0.25) is 0 Å². The monoisotopic (exact) mass is 464 g/mol. The molecule has 0 radical (unpaired) electrons. The van der Waals surface area contributed by atoms with E-state index in [0.29, 0.717) is 47.2 Å². The molecule has 10 heteroatoms. The first kappa shape index (κ1) is 24.2. The molecule has 1 aromatic heterocycles. The minimum atomic E-state index is -4.51. The van der Waals surface area contributed by atoms with Gasteiger partial charge in [0.25, 0.3) is 0 Å². The summed E-state index contributed by atoms with van der Waals surface area (Å²) >= 11 is 0. The Hall–Kier alpha value is -3.43. The van der Waals surface area contributed by atoms with Gasteiger partial charge in [-0.2, -0.15) is 13.2 Å². The standard InChI is InChI=1S/C23H24F4N4O2/c1-31(17(10-28)11-29-14-22(24)7-8-22)12-19-16(13-32)6-9-30-21(19)18-4-2-3-5-20(18)33-15-23(25,26)27/h2-6,9-11,13,28-29H,7-8,12,14-15H2,1H3/b17-11+,28-10?. The van der Waals surface area contributed by atoms with Crippen LogP contribution in [0.1, 0.15) is 28.8 Å². The van der Waals surface area contributed by atoms with Crippen molar-refractivity contribution in [2.24, 2.45) is 0 Å². The van der Waals surface area contributed by atoms with E-state index in [4.69, 9.17) is 10.1 Å². The molecule has 0 saturated heterocycles. The van der Waals surface area contributed by atoms with E-state index < -0.39 is 18.5 Å². The highest BCUT2D eigenvalue weighted by molar-refractivity contribution is 5.83. The zero-order valence-corrected chi connectivity index (χ0v) is 18.0.